The molecule has 41 heavy (non-hydrogen) atoms. The van der Waals surface area contributed by atoms with Crippen molar-refractivity contribution >= 4 is 17.9 Å². The summed E-state index contributed by atoms with van der Waals surface area (Å²) in [4.78, 5) is 10.6. The first-order chi connectivity index (χ1) is 19.5. The summed E-state index contributed by atoms with van der Waals surface area (Å²) in [5.74, 6) is 1.84. The monoisotopic (exact) mass is 732 g/mol. The van der Waals surface area contributed by atoms with Gasteiger partial charge in [-0.3, -0.25) is 0 Å². The Morgan fingerprint density at radius 1 is 0.634 bits per heavy atom. The Labute approximate surface area is 263 Å². The summed E-state index contributed by atoms with van der Waals surface area (Å²) in [6.07, 6.45) is 17.7. The van der Waals surface area contributed by atoms with Gasteiger partial charge >= 0.3 is 0 Å². The Kier molecular flexibility index (Phi) is 10.5. The molecule has 0 spiro atoms. The molecule has 5 unspecified atom stereocenters. The number of nitrogens with zero attached hydrogens (tertiary/aromatic N) is 4. The Hall–Kier alpha value is -2.06. The third kappa shape index (κ3) is 5.55. The van der Waals surface area contributed by atoms with Crippen LogP contribution in [-0.4, -0.2) is 11.8 Å². The molecule has 0 aromatic carbocycles. The molecule has 5 atom stereocenters. The molecule has 4 nitrogen and oxygen atoms in total. The maximum Gasteiger partial charge on any atom is 0.0660 e. The molecule has 0 aliphatic carbocycles. The first kappa shape index (κ1) is 31.9. The van der Waals surface area contributed by atoms with Crippen molar-refractivity contribution in [3.8, 4) is 0 Å². The van der Waals surface area contributed by atoms with E-state index >= 15 is 0 Å². The largest absolute Gasteiger partial charge is 0.682 e. The van der Waals surface area contributed by atoms with E-state index in [4.69, 9.17) is 20.6 Å². The van der Waals surface area contributed by atoms with Crippen LogP contribution in [0.1, 0.15) is 116 Å². The van der Waals surface area contributed by atoms with Crippen molar-refractivity contribution in [3.05, 3.63) is 79.2 Å². The van der Waals surface area contributed by atoms with E-state index in [1.165, 1.54) is 39.4 Å². The molecule has 1 aromatic heterocycles. The molecule has 5 heterocycles. The summed E-state index contributed by atoms with van der Waals surface area (Å²) < 4.78 is 0. The van der Waals surface area contributed by atoms with Crippen molar-refractivity contribution in [2.45, 2.75) is 113 Å². The molecule has 8 bridgehead atoms. The van der Waals surface area contributed by atoms with Crippen molar-refractivity contribution in [1.29, 1.82) is 0 Å². The maximum atomic E-state index is 5.43. The van der Waals surface area contributed by atoms with Gasteiger partial charge in [0.1, 0.15) is 0 Å². The van der Waals surface area contributed by atoms with Gasteiger partial charge in [0.2, 0.25) is 0 Å². The van der Waals surface area contributed by atoms with E-state index in [2.05, 4.69) is 79.7 Å². The quantitative estimate of drug-likeness (QED) is 0.263. The minimum Gasteiger partial charge on any atom is -0.682 e. The van der Waals surface area contributed by atoms with Crippen molar-refractivity contribution in [1.82, 2.24) is 4.98 Å². The fraction of sp³-hybridized carbons (Fsp3) is 0.583. The standard InChI is InChI=1S/C36H49N4.Pt/c1-9-21-22(10-2)30-18-32-25(13-5)26(14-6)34(39-32)20-36-28(16-8)27(15-7)35(40-36)19-33-24(12-4)23(11-3)31(38-33)17-29(21)37-30;/h17-24,29H,9-16H2,1-8H3;/q-3;/b30-18-,31-17-,33-19-,36-20-;. The Morgan fingerprint density at radius 3 is 1.80 bits per heavy atom. The molecular formula is C36H49N4Pt-3. The van der Waals surface area contributed by atoms with Crippen molar-refractivity contribution in [2.24, 2.45) is 28.7 Å². The molecule has 4 aliphatic heterocycles. The number of aliphatic imine (C=N–C) groups is 1. The number of fused-ring (bicyclic) bond motifs is 7. The van der Waals surface area contributed by atoms with Gasteiger partial charge in [-0.05, 0) is 60.5 Å². The van der Waals surface area contributed by atoms with Crippen molar-refractivity contribution < 1.29 is 21.1 Å². The van der Waals surface area contributed by atoms with Crippen LogP contribution < -0.4 is 4.98 Å². The minimum absolute atomic E-state index is 0. The SMILES string of the molecule is CCC1=C(CC)/C2=C/c3[n-]c(c(CC)c3CC)/C=C3\[N-]C(/C=C4\[N-]/C(=C\C1=N2)C(CC)C4CC)C(CC)C3CC.[Pt]. The average molecular weight is 733 g/mol. The van der Waals surface area contributed by atoms with Gasteiger partial charge in [-0.1, -0.05) is 116 Å². The number of aromatic nitrogens is 1. The second-order valence-corrected chi connectivity index (χ2v) is 11.8. The molecule has 0 N–H and O–H groups in total. The van der Waals surface area contributed by atoms with Gasteiger partial charge in [0.25, 0.3) is 0 Å². The van der Waals surface area contributed by atoms with E-state index in [-0.39, 0.29) is 27.1 Å². The zero-order valence-electron chi connectivity index (χ0n) is 26.5. The second kappa shape index (κ2) is 13.5. The van der Waals surface area contributed by atoms with Crippen LogP contribution >= 0.6 is 0 Å². The van der Waals surface area contributed by atoms with Crippen LogP contribution in [0.15, 0.2) is 51.1 Å². The van der Waals surface area contributed by atoms with Crippen LogP contribution in [0.4, 0.5) is 0 Å². The van der Waals surface area contributed by atoms with Gasteiger partial charge in [0.05, 0.1) is 11.4 Å². The van der Waals surface area contributed by atoms with Crippen LogP contribution in [0.3, 0.4) is 0 Å². The summed E-state index contributed by atoms with van der Waals surface area (Å²) in [6.45, 7) is 18.3. The molecule has 226 valence electrons. The van der Waals surface area contributed by atoms with Gasteiger partial charge in [-0.15, -0.1) is 17.5 Å². The molecule has 0 radical (unpaired) electrons. The Bertz CT molecular complexity index is 1320. The molecule has 5 rings (SSSR count). The van der Waals surface area contributed by atoms with Crippen LogP contribution in [0.25, 0.3) is 22.8 Å². The molecule has 2 fully saturated rings. The molecule has 1 aromatic rings. The average Bonchev–Trinajstić information content (AvgIpc) is 3.67. The predicted octanol–water partition coefficient (Wildman–Crippen LogP) is 10.0. The second-order valence-electron chi connectivity index (χ2n) is 11.8. The first-order valence-corrected chi connectivity index (χ1v) is 16.2. The molecule has 5 heteroatoms. The van der Waals surface area contributed by atoms with Gasteiger partial charge in [-0.2, -0.15) is 17.1 Å². The van der Waals surface area contributed by atoms with Crippen molar-refractivity contribution in [2.75, 3.05) is 0 Å². The molecular weight excluding hydrogens is 684 g/mol. The summed E-state index contributed by atoms with van der Waals surface area (Å²) in [7, 11) is 0. The molecule has 4 aliphatic rings. The summed E-state index contributed by atoms with van der Waals surface area (Å²) in [5.41, 5.74) is 13.6. The third-order valence-corrected chi connectivity index (χ3v) is 9.97. The minimum atomic E-state index is 0. The van der Waals surface area contributed by atoms with E-state index in [1.807, 2.05) is 0 Å². The van der Waals surface area contributed by atoms with Gasteiger partial charge in [-0.25, -0.2) is 4.99 Å². The van der Waals surface area contributed by atoms with Gasteiger partial charge in [0, 0.05) is 21.1 Å². The van der Waals surface area contributed by atoms with Gasteiger partial charge < -0.3 is 15.6 Å². The van der Waals surface area contributed by atoms with E-state index in [1.54, 1.807) is 0 Å². The van der Waals surface area contributed by atoms with Crippen LogP contribution in [0.2, 0.25) is 0 Å². The topological polar surface area (TPSA) is 54.7 Å². The molecule has 0 amide bonds. The third-order valence-electron chi connectivity index (χ3n) is 9.97. The fourth-order valence-corrected chi connectivity index (χ4v) is 7.97. The van der Waals surface area contributed by atoms with E-state index in [9.17, 15) is 0 Å². The van der Waals surface area contributed by atoms with Gasteiger partial charge in [0.15, 0.2) is 0 Å². The van der Waals surface area contributed by atoms with E-state index in [0.29, 0.717) is 23.7 Å². The van der Waals surface area contributed by atoms with Crippen LogP contribution in [-0.2, 0) is 33.9 Å². The number of hydrogen-bond acceptors (Lipinski definition) is 1. The van der Waals surface area contributed by atoms with E-state index < -0.39 is 0 Å². The normalized spacial score (nSPS) is 32.0. The molecule has 2 saturated heterocycles. The summed E-state index contributed by atoms with van der Waals surface area (Å²) >= 11 is 0. The Morgan fingerprint density at radius 2 is 1.24 bits per heavy atom. The molecule has 0 saturated carbocycles. The van der Waals surface area contributed by atoms with Crippen molar-refractivity contribution in [3.63, 3.8) is 0 Å². The summed E-state index contributed by atoms with van der Waals surface area (Å²) in [5, 5.41) is 10.8. The summed E-state index contributed by atoms with van der Waals surface area (Å²) in [6, 6.07) is 0.178. The number of rotatable bonds is 8. The predicted molar refractivity (Wildman–Crippen MR) is 171 cm³/mol. The first-order valence-electron chi connectivity index (χ1n) is 16.2. The van der Waals surface area contributed by atoms with Crippen LogP contribution in [0.5, 0.6) is 0 Å². The fourth-order valence-electron chi connectivity index (χ4n) is 7.97. The van der Waals surface area contributed by atoms with E-state index in [0.717, 1.165) is 74.2 Å². The van der Waals surface area contributed by atoms with Crippen LogP contribution in [0, 0.1) is 23.7 Å². The Balaban J connectivity index is 0.00000387. The zero-order chi connectivity index (χ0) is 28.6. The maximum absolute atomic E-state index is 5.43. The zero-order valence-corrected chi connectivity index (χ0v) is 28.7. The number of hydrogen-bond donors (Lipinski definition) is 0. The smallest absolute Gasteiger partial charge is 0.0660 e. The number of allylic oxidation sites excluding steroid dienone is 6.